The topological polar surface area (TPSA) is 53.4 Å². The summed E-state index contributed by atoms with van der Waals surface area (Å²) in [6, 6.07) is 9.27. The number of benzene rings is 1. The Morgan fingerprint density at radius 1 is 1.38 bits per heavy atom. The first-order chi connectivity index (χ1) is 9.97. The molecule has 0 spiro atoms. The molecule has 1 aliphatic heterocycles. The second kappa shape index (κ2) is 5.11. The molecule has 1 atom stereocenters. The summed E-state index contributed by atoms with van der Waals surface area (Å²) in [5.74, 6) is -0.00891. The highest BCUT2D eigenvalue weighted by atomic mass is 16.3. The van der Waals surface area contributed by atoms with Crippen LogP contribution in [0.25, 0.3) is 10.9 Å². The first-order valence-corrected chi connectivity index (χ1v) is 7.35. The van der Waals surface area contributed by atoms with Crippen molar-refractivity contribution in [1.29, 1.82) is 0 Å². The van der Waals surface area contributed by atoms with Gasteiger partial charge in [0.2, 0.25) is 0 Å². The van der Waals surface area contributed by atoms with E-state index in [1.54, 1.807) is 24.9 Å². The average molecular weight is 284 g/mol. The Kier molecular flexibility index (Phi) is 3.41. The van der Waals surface area contributed by atoms with E-state index in [1.165, 1.54) is 0 Å². The SMILES string of the molecule is CC(C)(O)C1CCCN1C(=O)c1ccc2ncccc2c1. The molecule has 21 heavy (non-hydrogen) atoms. The van der Waals surface area contributed by atoms with Crippen LogP contribution in [0.1, 0.15) is 37.0 Å². The highest BCUT2D eigenvalue weighted by Crippen LogP contribution is 2.28. The number of hydrogen-bond donors (Lipinski definition) is 1. The summed E-state index contributed by atoms with van der Waals surface area (Å²) in [5.41, 5.74) is 0.672. The number of fused-ring (bicyclic) bond motifs is 1. The van der Waals surface area contributed by atoms with Crippen LogP contribution in [0.3, 0.4) is 0 Å². The van der Waals surface area contributed by atoms with Crippen LogP contribution in [0.2, 0.25) is 0 Å². The molecule has 1 amide bonds. The van der Waals surface area contributed by atoms with Crippen LogP contribution < -0.4 is 0 Å². The number of pyridine rings is 1. The second-order valence-corrected chi connectivity index (χ2v) is 6.22. The van der Waals surface area contributed by atoms with Crippen molar-refractivity contribution in [3.05, 3.63) is 42.1 Å². The van der Waals surface area contributed by atoms with Crippen LogP contribution in [-0.2, 0) is 0 Å². The van der Waals surface area contributed by atoms with E-state index >= 15 is 0 Å². The molecular weight excluding hydrogens is 264 g/mol. The van der Waals surface area contributed by atoms with E-state index < -0.39 is 5.60 Å². The third kappa shape index (κ3) is 2.63. The summed E-state index contributed by atoms with van der Waals surface area (Å²) in [6.45, 7) is 4.25. The molecule has 110 valence electrons. The van der Waals surface area contributed by atoms with Gasteiger partial charge in [0.15, 0.2) is 0 Å². The Hall–Kier alpha value is -1.94. The highest BCUT2D eigenvalue weighted by molar-refractivity contribution is 5.98. The molecule has 4 nitrogen and oxygen atoms in total. The van der Waals surface area contributed by atoms with Gasteiger partial charge in [-0.05, 0) is 51.0 Å². The van der Waals surface area contributed by atoms with Gasteiger partial charge in [-0.2, -0.15) is 0 Å². The number of likely N-dealkylation sites (tertiary alicyclic amines) is 1. The molecule has 1 aromatic carbocycles. The monoisotopic (exact) mass is 284 g/mol. The number of aliphatic hydroxyl groups is 1. The van der Waals surface area contributed by atoms with Crippen LogP contribution in [0.15, 0.2) is 36.5 Å². The molecule has 1 unspecified atom stereocenters. The van der Waals surface area contributed by atoms with E-state index in [0.29, 0.717) is 12.1 Å². The maximum atomic E-state index is 12.7. The summed E-state index contributed by atoms with van der Waals surface area (Å²) in [5, 5.41) is 11.2. The predicted octanol–water partition coefficient (Wildman–Crippen LogP) is 2.61. The Morgan fingerprint density at radius 3 is 2.95 bits per heavy atom. The number of rotatable bonds is 2. The molecule has 2 heterocycles. The van der Waals surface area contributed by atoms with Gasteiger partial charge in [0.1, 0.15) is 0 Å². The van der Waals surface area contributed by atoms with Crippen LogP contribution in [0.5, 0.6) is 0 Å². The van der Waals surface area contributed by atoms with Gasteiger partial charge < -0.3 is 10.0 Å². The van der Waals surface area contributed by atoms with Gasteiger partial charge in [0, 0.05) is 23.7 Å². The normalized spacial score (nSPS) is 19.2. The number of aromatic nitrogens is 1. The van der Waals surface area contributed by atoms with Crippen molar-refractivity contribution in [2.24, 2.45) is 0 Å². The molecule has 0 bridgehead atoms. The highest BCUT2D eigenvalue weighted by Gasteiger charge is 2.38. The minimum absolute atomic E-state index is 0.00891. The second-order valence-electron chi connectivity index (χ2n) is 6.22. The van der Waals surface area contributed by atoms with Crippen LogP contribution >= 0.6 is 0 Å². The van der Waals surface area contributed by atoms with E-state index in [2.05, 4.69) is 4.98 Å². The lowest BCUT2D eigenvalue weighted by Gasteiger charge is -2.33. The van der Waals surface area contributed by atoms with Gasteiger partial charge in [0.25, 0.3) is 5.91 Å². The summed E-state index contributed by atoms with van der Waals surface area (Å²) in [7, 11) is 0. The Bertz CT molecular complexity index is 676. The third-order valence-electron chi connectivity index (χ3n) is 4.18. The fourth-order valence-corrected chi connectivity index (χ4v) is 3.12. The van der Waals surface area contributed by atoms with Crippen molar-refractivity contribution in [2.45, 2.75) is 38.3 Å². The maximum absolute atomic E-state index is 12.7. The zero-order valence-corrected chi connectivity index (χ0v) is 12.4. The zero-order chi connectivity index (χ0) is 15.0. The molecule has 0 aliphatic carbocycles. The van der Waals surface area contributed by atoms with Crippen molar-refractivity contribution in [3.63, 3.8) is 0 Å². The molecule has 1 aliphatic rings. The molecule has 1 aromatic heterocycles. The van der Waals surface area contributed by atoms with E-state index in [0.717, 1.165) is 23.7 Å². The largest absolute Gasteiger partial charge is 0.388 e. The van der Waals surface area contributed by atoms with E-state index in [1.807, 2.05) is 30.3 Å². The lowest BCUT2D eigenvalue weighted by Crippen LogP contribution is -2.48. The fraction of sp³-hybridized carbons (Fsp3) is 0.412. The third-order valence-corrected chi connectivity index (χ3v) is 4.18. The van der Waals surface area contributed by atoms with Gasteiger partial charge >= 0.3 is 0 Å². The molecule has 0 radical (unpaired) electrons. The standard InChI is InChI=1S/C17H20N2O2/c1-17(2,21)15-6-4-10-19(15)16(20)13-7-8-14-12(11-13)5-3-9-18-14/h3,5,7-9,11,15,21H,4,6,10H2,1-2H3. The first-order valence-electron chi connectivity index (χ1n) is 7.35. The number of hydrogen-bond acceptors (Lipinski definition) is 3. The summed E-state index contributed by atoms with van der Waals surface area (Å²) >= 11 is 0. The zero-order valence-electron chi connectivity index (χ0n) is 12.4. The summed E-state index contributed by atoms with van der Waals surface area (Å²) in [6.07, 6.45) is 3.54. The van der Waals surface area contributed by atoms with Gasteiger partial charge in [0.05, 0.1) is 17.2 Å². The van der Waals surface area contributed by atoms with Gasteiger partial charge in [-0.3, -0.25) is 9.78 Å². The van der Waals surface area contributed by atoms with E-state index in [-0.39, 0.29) is 11.9 Å². The molecule has 0 saturated carbocycles. The number of carbonyl (C=O) groups excluding carboxylic acids is 1. The van der Waals surface area contributed by atoms with Crippen molar-refractivity contribution in [1.82, 2.24) is 9.88 Å². The quantitative estimate of drug-likeness (QED) is 0.922. The fourth-order valence-electron chi connectivity index (χ4n) is 3.12. The van der Waals surface area contributed by atoms with Crippen molar-refractivity contribution < 1.29 is 9.90 Å². The van der Waals surface area contributed by atoms with Crippen LogP contribution in [-0.4, -0.2) is 39.1 Å². The predicted molar refractivity (Wildman–Crippen MR) is 82.1 cm³/mol. The molecule has 3 rings (SSSR count). The number of carbonyl (C=O) groups is 1. The minimum Gasteiger partial charge on any atom is -0.388 e. The van der Waals surface area contributed by atoms with E-state index in [9.17, 15) is 9.90 Å². The number of nitrogens with zero attached hydrogens (tertiary/aromatic N) is 2. The molecular formula is C17H20N2O2. The van der Waals surface area contributed by atoms with Crippen LogP contribution in [0, 0.1) is 0 Å². The molecule has 4 heteroatoms. The van der Waals surface area contributed by atoms with E-state index in [4.69, 9.17) is 0 Å². The lowest BCUT2D eigenvalue weighted by molar-refractivity contribution is 0.000343. The summed E-state index contributed by atoms with van der Waals surface area (Å²) in [4.78, 5) is 18.8. The van der Waals surface area contributed by atoms with Crippen molar-refractivity contribution >= 4 is 16.8 Å². The lowest BCUT2D eigenvalue weighted by atomic mass is 9.96. The Morgan fingerprint density at radius 2 is 2.19 bits per heavy atom. The smallest absolute Gasteiger partial charge is 0.254 e. The Labute approximate surface area is 124 Å². The van der Waals surface area contributed by atoms with Crippen molar-refractivity contribution in [2.75, 3.05) is 6.54 Å². The molecule has 2 aromatic rings. The van der Waals surface area contributed by atoms with Gasteiger partial charge in [-0.15, -0.1) is 0 Å². The molecule has 1 fully saturated rings. The number of amides is 1. The molecule has 1 saturated heterocycles. The van der Waals surface area contributed by atoms with Gasteiger partial charge in [-0.1, -0.05) is 6.07 Å². The average Bonchev–Trinajstić information content (AvgIpc) is 2.95. The first kappa shape index (κ1) is 14.0. The molecule has 1 N–H and O–H groups in total. The van der Waals surface area contributed by atoms with Crippen LogP contribution in [0.4, 0.5) is 0 Å². The minimum atomic E-state index is -0.870. The maximum Gasteiger partial charge on any atom is 0.254 e. The van der Waals surface area contributed by atoms with Crippen molar-refractivity contribution in [3.8, 4) is 0 Å². The van der Waals surface area contributed by atoms with Gasteiger partial charge in [-0.25, -0.2) is 0 Å². The Balaban J connectivity index is 1.93. The summed E-state index contributed by atoms with van der Waals surface area (Å²) < 4.78 is 0.